The maximum absolute atomic E-state index is 14.9. The maximum atomic E-state index is 14.9. The van der Waals surface area contributed by atoms with Crippen LogP contribution in [0.2, 0.25) is 5.02 Å². The average molecular weight is 557 g/mol. The van der Waals surface area contributed by atoms with Crippen LogP contribution in [0.3, 0.4) is 0 Å². The van der Waals surface area contributed by atoms with Gasteiger partial charge in [0.15, 0.2) is 0 Å². The number of carbonyl (C=O) groups is 2. The fourth-order valence-corrected chi connectivity index (χ4v) is 6.90. The Morgan fingerprint density at radius 3 is 2.63 bits per heavy atom. The summed E-state index contributed by atoms with van der Waals surface area (Å²) in [5, 5.41) is 6.86. The van der Waals surface area contributed by atoms with Crippen molar-refractivity contribution >= 4 is 34.2 Å². The van der Waals surface area contributed by atoms with Crippen molar-refractivity contribution in [1.29, 1.82) is 0 Å². The normalized spacial score (nSPS) is 23.6. The third kappa shape index (κ3) is 4.41. The van der Waals surface area contributed by atoms with Crippen LogP contribution < -0.4 is 5.32 Å². The van der Waals surface area contributed by atoms with Crippen LogP contribution in [0.5, 0.6) is 0 Å². The molecule has 198 valence electrons. The van der Waals surface area contributed by atoms with Gasteiger partial charge in [0, 0.05) is 18.3 Å². The highest BCUT2D eigenvalue weighted by molar-refractivity contribution is 7.85. The average Bonchev–Trinajstić information content (AvgIpc) is 3.70. The Bertz CT molecular complexity index is 1440. The molecule has 1 aliphatic heterocycles. The minimum Gasteiger partial charge on any atom is -0.349 e. The van der Waals surface area contributed by atoms with Gasteiger partial charge in [-0.2, -0.15) is 5.10 Å². The van der Waals surface area contributed by atoms with Crippen molar-refractivity contribution in [2.24, 2.45) is 0 Å². The van der Waals surface area contributed by atoms with Gasteiger partial charge < -0.3 is 10.2 Å². The predicted molar refractivity (Wildman–Crippen MR) is 138 cm³/mol. The number of nitrogens with one attached hydrogen (secondary N) is 1. The molecule has 0 spiro atoms. The van der Waals surface area contributed by atoms with Crippen LogP contribution >= 0.6 is 11.6 Å². The number of halogens is 2. The number of aromatic nitrogens is 4. The minimum atomic E-state index is -1.56. The molecule has 9 nitrogen and oxygen atoms in total. The Kier molecular flexibility index (Phi) is 6.10. The van der Waals surface area contributed by atoms with Gasteiger partial charge in [-0.1, -0.05) is 23.7 Å². The van der Waals surface area contributed by atoms with Crippen LogP contribution in [0.15, 0.2) is 54.1 Å². The van der Waals surface area contributed by atoms with Crippen molar-refractivity contribution in [2.75, 3.05) is 6.54 Å². The van der Waals surface area contributed by atoms with E-state index in [0.717, 1.165) is 18.9 Å². The minimum absolute atomic E-state index is 0.0429. The summed E-state index contributed by atoms with van der Waals surface area (Å²) in [6.07, 6.45) is 7.04. The molecular weight excluding hydrogens is 531 g/mol. The van der Waals surface area contributed by atoms with Crippen molar-refractivity contribution in [3.63, 3.8) is 0 Å². The molecular formula is C26H26ClFN6O3S. The Morgan fingerprint density at radius 2 is 1.97 bits per heavy atom. The van der Waals surface area contributed by atoms with E-state index >= 15 is 0 Å². The lowest BCUT2D eigenvalue weighted by molar-refractivity contribution is -0.140. The van der Waals surface area contributed by atoms with Crippen molar-refractivity contribution in [3.05, 3.63) is 65.7 Å². The molecule has 3 heterocycles. The van der Waals surface area contributed by atoms with Gasteiger partial charge in [-0.3, -0.25) is 18.8 Å². The van der Waals surface area contributed by atoms with E-state index in [2.05, 4.69) is 20.4 Å². The van der Waals surface area contributed by atoms with E-state index in [-0.39, 0.29) is 41.0 Å². The van der Waals surface area contributed by atoms with Crippen LogP contribution in [0.25, 0.3) is 5.69 Å². The van der Waals surface area contributed by atoms with Gasteiger partial charge in [-0.05, 0) is 57.2 Å². The second kappa shape index (κ2) is 9.23. The monoisotopic (exact) mass is 556 g/mol. The maximum Gasteiger partial charge on any atom is 0.243 e. The summed E-state index contributed by atoms with van der Waals surface area (Å²) < 4.78 is 30.3. The number of nitrogens with zero attached hydrogens (tertiary/aromatic N) is 5. The highest BCUT2D eigenvalue weighted by atomic mass is 35.5. The molecule has 12 heteroatoms. The Hall–Kier alpha value is -3.18. The molecule has 6 rings (SSSR count). The number of para-hydroxylation sites is 1. The quantitative estimate of drug-likeness (QED) is 0.479. The number of carbonyl (C=O) groups excluding carboxylic acids is 2. The third-order valence-corrected chi connectivity index (χ3v) is 9.65. The van der Waals surface area contributed by atoms with Crippen molar-refractivity contribution in [2.45, 2.75) is 66.2 Å². The Labute approximate surface area is 226 Å². The summed E-state index contributed by atoms with van der Waals surface area (Å²) >= 11 is 5.89. The second-order valence-electron chi connectivity index (χ2n) is 10.6. The smallest absolute Gasteiger partial charge is 0.243 e. The lowest BCUT2D eigenvalue weighted by atomic mass is 9.98. The topological polar surface area (TPSA) is 110 Å². The lowest BCUT2D eigenvalue weighted by Gasteiger charge is -2.29. The van der Waals surface area contributed by atoms with E-state index in [4.69, 9.17) is 11.6 Å². The van der Waals surface area contributed by atoms with Crippen LogP contribution in [-0.4, -0.2) is 64.0 Å². The van der Waals surface area contributed by atoms with Crippen molar-refractivity contribution < 1.29 is 18.2 Å². The zero-order valence-electron chi connectivity index (χ0n) is 20.6. The molecule has 3 atom stereocenters. The van der Waals surface area contributed by atoms with E-state index in [1.165, 1.54) is 28.4 Å². The molecule has 2 aromatic heterocycles. The van der Waals surface area contributed by atoms with Gasteiger partial charge in [0.05, 0.1) is 42.8 Å². The lowest BCUT2D eigenvalue weighted by Crippen LogP contribution is -2.51. The highest BCUT2D eigenvalue weighted by Gasteiger charge is 2.59. The van der Waals surface area contributed by atoms with Crippen LogP contribution in [0.1, 0.15) is 44.7 Å². The van der Waals surface area contributed by atoms with E-state index in [1.54, 1.807) is 18.2 Å². The molecule has 1 saturated heterocycles. The highest BCUT2D eigenvalue weighted by Crippen LogP contribution is 2.51. The first-order valence-electron chi connectivity index (χ1n) is 12.5. The summed E-state index contributed by atoms with van der Waals surface area (Å²) in [6, 6.07) is 7.50. The molecule has 2 saturated carbocycles. The van der Waals surface area contributed by atoms with Gasteiger partial charge in [0.2, 0.25) is 11.8 Å². The molecule has 3 aromatic rings. The molecule has 0 bridgehead atoms. The first-order chi connectivity index (χ1) is 18.2. The largest absolute Gasteiger partial charge is 0.349 e. The van der Waals surface area contributed by atoms with Gasteiger partial charge in [-0.15, -0.1) is 0 Å². The zero-order valence-corrected chi connectivity index (χ0v) is 22.2. The fraction of sp³-hybridized carbons (Fsp3) is 0.423. The molecule has 3 fully saturated rings. The first-order valence-corrected chi connectivity index (χ1v) is 14.1. The molecule has 1 N–H and O–H groups in total. The zero-order chi connectivity index (χ0) is 26.7. The van der Waals surface area contributed by atoms with E-state index in [9.17, 15) is 18.2 Å². The van der Waals surface area contributed by atoms with Gasteiger partial charge in [0.25, 0.3) is 0 Å². The van der Waals surface area contributed by atoms with Crippen LogP contribution in [0, 0.1) is 5.82 Å². The SMILES string of the molecule is CC1(NC(=O)C2CC(S(=O)c3ccccc3-n3cncn3)CN2C(=O)C2(c3ncc(Cl)cc3F)CC2)CC1. The molecule has 0 radical (unpaired) electrons. The second-order valence-corrected chi connectivity index (χ2v) is 12.7. The Balaban J connectivity index is 1.32. The summed E-state index contributed by atoms with van der Waals surface area (Å²) in [5.41, 5.74) is -0.776. The molecule has 3 unspecified atom stereocenters. The number of rotatable bonds is 7. The molecule has 2 amide bonds. The predicted octanol–water partition coefficient (Wildman–Crippen LogP) is 2.93. The van der Waals surface area contributed by atoms with Crippen molar-refractivity contribution in [3.8, 4) is 5.69 Å². The van der Waals surface area contributed by atoms with Gasteiger partial charge >= 0.3 is 0 Å². The molecule has 2 aliphatic carbocycles. The number of pyridine rings is 1. The van der Waals surface area contributed by atoms with E-state index in [1.807, 2.05) is 13.0 Å². The summed E-state index contributed by atoms with van der Waals surface area (Å²) in [4.78, 5) is 37.6. The number of benzene rings is 1. The van der Waals surface area contributed by atoms with Crippen molar-refractivity contribution in [1.82, 2.24) is 30.0 Å². The first kappa shape index (κ1) is 25.1. The number of likely N-dealkylation sites (tertiary alicyclic amines) is 1. The third-order valence-electron chi connectivity index (χ3n) is 7.72. The number of hydrogen-bond donors (Lipinski definition) is 1. The molecule has 1 aromatic carbocycles. The van der Waals surface area contributed by atoms with Gasteiger partial charge in [-0.25, -0.2) is 14.1 Å². The summed E-state index contributed by atoms with van der Waals surface area (Å²) in [6.45, 7) is 2.06. The molecule has 3 aliphatic rings. The number of hydrogen-bond acceptors (Lipinski definition) is 6. The van der Waals surface area contributed by atoms with Crippen LogP contribution in [0.4, 0.5) is 4.39 Å². The van der Waals surface area contributed by atoms with E-state index < -0.39 is 33.3 Å². The fourth-order valence-electron chi connectivity index (χ4n) is 5.17. The Morgan fingerprint density at radius 1 is 1.21 bits per heavy atom. The standard InChI is InChI=1S/C26H26ClFN6O3S/c1-25(6-7-25)32-23(35)20-11-17(38(37)21-5-3-2-4-19(21)34-15-29-14-31-34)13-33(20)24(36)26(8-9-26)22-18(28)10-16(27)12-30-22/h2-5,10,12,14-15,17,20H,6-9,11,13H2,1H3,(H,32,35). The summed E-state index contributed by atoms with van der Waals surface area (Å²) in [5.74, 6) is -1.28. The summed E-state index contributed by atoms with van der Waals surface area (Å²) in [7, 11) is -1.56. The van der Waals surface area contributed by atoms with Crippen LogP contribution in [-0.2, 0) is 25.8 Å². The van der Waals surface area contributed by atoms with Gasteiger partial charge in [0.1, 0.15) is 24.5 Å². The number of amides is 2. The van der Waals surface area contributed by atoms with E-state index in [0.29, 0.717) is 23.4 Å². The molecule has 38 heavy (non-hydrogen) atoms.